The molecule has 0 aliphatic carbocycles. The molecule has 0 spiro atoms. The number of benzene rings is 1. The van der Waals surface area contributed by atoms with Crippen molar-refractivity contribution in [3.05, 3.63) is 72.0 Å². The molecule has 0 aromatic heterocycles. The van der Waals surface area contributed by atoms with E-state index in [2.05, 4.69) is 24.0 Å². The van der Waals surface area contributed by atoms with Crippen molar-refractivity contribution in [3.63, 3.8) is 0 Å². The number of hydrogen-bond donors (Lipinski definition) is 1. The molecule has 0 N–H and O–H groups in total. The van der Waals surface area contributed by atoms with Crippen molar-refractivity contribution in [1.82, 2.24) is 0 Å². The number of ether oxygens (including phenoxy) is 1. The molecule has 0 bridgehead atoms. The molecule has 0 aliphatic heterocycles. The van der Waals surface area contributed by atoms with Gasteiger partial charge in [0.1, 0.15) is 24.6 Å². The number of hydrogen-bond acceptors (Lipinski definition) is 5. The Bertz CT molecular complexity index is 618. The lowest BCUT2D eigenvalue weighted by Gasteiger charge is -2.06. The largest absolute Gasteiger partial charge is 0.489 e. The topological polar surface area (TPSA) is 52.6 Å². The van der Waals surface area contributed by atoms with Crippen molar-refractivity contribution in [2.24, 2.45) is 0 Å². The average Bonchev–Trinajstić information content (AvgIpc) is 2.63. The van der Waals surface area contributed by atoms with Crippen LogP contribution >= 0.6 is 12.9 Å². The Kier molecular flexibility index (Phi) is 10.9. The van der Waals surface area contributed by atoms with Gasteiger partial charge in [-0.1, -0.05) is 55.5 Å². The van der Waals surface area contributed by atoms with E-state index >= 15 is 0 Å². The normalized spacial score (nSPS) is 11.8. The Morgan fingerprint density at radius 3 is 2.60 bits per heavy atom. The number of ketones is 1. The summed E-state index contributed by atoms with van der Waals surface area (Å²) in [7, 11) is 0. The minimum atomic E-state index is -0.626. The molecule has 0 amide bonds. The lowest BCUT2D eigenvalue weighted by molar-refractivity contribution is -0.136. The van der Waals surface area contributed by atoms with Crippen LogP contribution in [-0.2, 0) is 25.1 Å². The zero-order valence-electron chi connectivity index (χ0n) is 14.4. The van der Waals surface area contributed by atoms with Gasteiger partial charge < -0.3 is 8.92 Å². The molecule has 0 fully saturated rings. The third-order valence-corrected chi connectivity index (χ3v) is 3.40. The first-order valence-electron chi connectivity index (χ1n) is 8.21. The summed E-state index contributed by atoms with van der Waals surface area (Å²) in [4.78, 5) is 22.4. The van der Waals surface area contributed by atoms with Gasteiger partial charge in [-0.2, -0.15) is 0 Å². The van der Waals surface area contributed by atoms with E-state index in [1.165, 1.54) is 0 Å². The maximum Gasteiger partial charge on any atom is 0.325 e. The molecule has 0 saturated heterocycles. The molecule has 0 saturated carbocycles. The van der Waals surface area contributed by atoms with Crippen LogP contribution in [0.5, 0.6) is 0 Å². The van der Waals surface area contributed by atoms with Crippen LogP contribution in [-0.4, -0.2) is 11.8 Å². The van der Waals surface area contributed by atoms with E-state index in [-0.39, 0.29) is 18.6 Å². The minimum Gasteiger partial charge on any atom is -0.489 e. The second-order valence-corrected chi connectivity index (χ2v) is 5.48. The van der Waals surface area contributed by atoms with Crippen LogP contribution in [0.3, 0.4) is 0 Å². The Labute approximate surface area is 154 Å². The van der Waals surface area contributed by atoms with E-state index in [9.17, 15) is 9.59 Å². The fourth-order valence-electron chi connectivity index (χ4n) is 1.91. The third-order valence-electron chi connectivity index (χ3n) is 3.20. The van der Waals surface area contributed by atoms with E-state index < -0.39 is 5.97 Å². The van der Waals surface area contributed by atoms with Crippen molar-refractivity contribution in [2.45, 2.75) is 39.2 Å². The lowest BCUT2D eigenvalue weighted by Crippen LogP contribution is -2.06. The second kappa shape index (κ2) is 13.1. The van der Waals surface area contributed by atoms with Crippen molar-refractivity contribution < 1.29 is 18.5 Å². The van der Waals surface area contributed by atoms with Gasteiger partial charge in [-0.05, 0) is 30.6 Å². The van der Waals surface area contributed by atoms with E-state index in [4.69, 9.17) is 4.74 Å². The molecular weight excluding hydrogens is 336 g/mol. The van der Waals surface area contributed by atoms with Gasteiger partial charge in [0.25, 0.3) is 0 Å². The molecule has 25 heavy (non-hydrogen) atoms. The summed E-state index contributed by atoms with van der Waals surface area (Å²) in [6.45, 7) is 2.56. The first kappa shape index (κ1) is 20.8. The predicted octanol–water partition coefficient (Wildman–Crippen LogP) is 4.74. The van der Waals surface area contributed by atoms with Crippen LogP contribution in [0.4, 0.5) is 0 Å². The van der Waals surface area contributed by atoms with Gasteiger partial charge in [0.15, 0.2) is 0 Å². The molecule has 0 atom stereocenters. The van der Waals surface area contributed by atoms with Crippen molar-refractivity contribution >= 4 is 24.7 Å². The second-order valence-electron chi connectivity index (χ2n) is 5.30. The Balaban J connectivity index is 2.47. The van der Waals surface area contributed by atoms with Crippen LogP contribution in [0, 0.1) is 0 Å². The molecular formula is C20H24O4S. The first-order chi connectivity index (χ1) is 12.2. The summed E-state index contributed by atoms with van der Waals surface area (Å²) >= 11 is 3.37. The molecule has 0 heterocycles. The molecule has 0 radical (unpaired) electrons. The van der Waals surface area contributed by atoms with Crippen molar-refractivity contribution in [1.29, 1.82) is 0 Å². The van der Waals surface area contributed by atoms with E-state index in [1.807, 2.05) is 60.7 Å². The van der Waals surface area contributed by atoms with E-state index in [1.54, 1.807) is 0 Å². The molecule has 5 heteroatoms. The zero-order valence-corrected chi connectivity index (χ0v) is 15.3. The number of rotatable bonds is 11. The van der Waals surface area contributed by atoms with Gasteiger partial charge in [-0.3, -0.25) is 9.59 Å². The predicted molar refractivity (Wildman–Crippen MR) is 102 cm³/mol. The van der Waals surface area contributed by atoms with Crippen molar-refractivity contribution in [3.8, 4) is 0 Å². The van der Waals surface area contributed by atoms with Gasteiger partial charge in [0.05, 0.1) is 0 Å². The molecule has 0 unspecified atom stereocenters. The van der Waals surface area contributed by atoms with E-state index in [0.29, 0.717) is 13.0 Å². The molecule has 0 aliphatic rings. The standard InChI is InChI=1S/C20H24O4S/c1-2-3-13-19(23-16-17-10-6-4-7-11-17)14-9-5-8-12-18(21)15-20(22)24-25/h3-7,9-11,13-14,25H,2,8,12,15-16H2,1H3/b9-5-,13-3-,19-14+. The van der Waals surface area contributed by atoms with Crippen LogP contribution in [0.25, 0.3) is 0 Å². The highest BCUT2D eigenvalue weighted by Crippen LogP contribution is 2.08. The maximum absolute atomic E-state index is 11.5. The summed E-state index contributed by atoms with van der Waals surface area (Å²) in [5.74, 6) is -0.0375. The van der Waals surface area contributed by atoms with Crippen LogP contribution in [0.15, 0.2) is 66.5 Å². The highest BCUT2D eigenvalue weighted by molar-refractivity contribution is 7.75. The quantitative estimate of drug-likeness (QED) is 0.204. The minimum absolute atomic E-state index is 0.167. The number of Topliss-reactive ketones (excluding diaryl/α,β-unsaturated/α-hetero) is 1. The van der Waals surface area contributed by atoms with Gasteiger partial charge in [0, 0.05) is 19.3 Å². The summed E-state index contributed by atoms with van der Waals surface area (Å²) < 4.78 is 9.98. The number of carbonyl (C=O) groups excluding carboxylic acids is 2. The van der Waals surface area contributed by atoms with Crippen LogP contribution < -0.4 is 0 Å². The first-order valence-corrected chi connectivity index (χ1v) is 8.58. The smallest absolute Gasteiger partial charge is 0.325 e. The monoisotopic (exact) mass is 360 g/mol. The fraction of sp³-hybridized carbons (Fsp3) is 0.300. The highest BCUT2D eigenvalue weighted by atomic mass is 32.1. The molecule has 1 aromatic carbocycles. The fourth-order valence-corrected chi connectivity index (χ4v) is 1.98. The third kappa shape index (κ3) is 10.2. The van der Waals surface area contributed by atoms with E-state index in [0.717, 1.165) is 17.7 Å². The van der Waals surface area contributed by atoms with Crippen molar-refractivity contribution in [2.75, 3.05) is 0 Å². The Morgan fingerprint density at radius 1 is 1.16 bits per heavy atom. The summed E-state index contributed by atoms with van der Waals surface area (Å²) in [6.07, 6.45) is 11.1. The Hall–Kier alpha value is -2.27. The van der Waals surface area contributed by atoms with Gasteiger partial charge in [-0.15, -0.1) is 0 Å². The molecule has 4 nitrogen and oxygen atoms in total. The van der Waals surface area contributed by atoms with Crippen LogP contribution in [0.2, 0.25) is 0 Å². The summed E-state index contributed by atoms with van der Waals surface area (Å²) in [5, 5.41) is 0. The average molecular weight is 360 g/mol. The lowest BCUT2D eigenvalue weighted by atomic mass is 10.1. The molecule has 1 rings (SSSR count). The molecule has 134 valence electrons. The van der Waals surface area contributed by atoms with Gasteiger partial charge >= 0.3 is 5.97 Å². The van der Waals surface area contributed by atoms with Gasteiger partial charge in [-0.25, -0.2) is 0 Å². The Morgan fingerprint density at radius 2 is 1.92 bits per heavy atom. The maximum atomic E-state index is 11.5. The SMILES string of the molecule is CC\C=C/C(=C\C=C/CCC(=O)CC(=O)OS)OCc1ccccc1. The number of carbonyl (C=O) groups is 2. The zero-order chi connectivity index (χ0) is 18.3. The molecule has 1 aromatic rings. The van der Waals surface area contributed by atoms with Gasteiger partial charge in [0.2, 0.25) is 0 Å². The number of allylic oxidation sites excluding steroid dienone is 5. The summed E-state index contributed by atoms with van der Waals surface area (Å²) in [6, 6.07) is 9.95. The number of thiol groups is 1. The van der Waals surface area contributed by atoms with Crippen LogP contribution in [0.1, 0.15) is 38.2 Å². The summed E-state index contributed by atoms with van der Waals surface area (Å²) in [5.41, 5.74) is 1.10. The highest BCUT2D eigenvalue weighted by Gasteiger charge is 2.08.